The molecule has 0 radical (unpaired) electrons. The summed E-state index contributed by atoms with van der Waals surface area (Å²) in [7, 11) is 1.56. The third-order valence-corrected chi connectivity index (χ3v) is 4.49. The summed E-state index contributed by atoms with van der Waals surface area (Å²) in [6.07, 6.45) is 0.0804. The van der Waals surface area contributed by atoms with E-state index in [2.05, 4.69) is 25.9 Å². The van der Waals surface area contributed by atoms with Gasteiger partial charge < -0.3 is 20.7 Å². The Morgan fingerprint density at radius 2 is 2.07 bits per heavy atom. The monoisotopic (exact) mass is 405 g/mol. The van der Waals surface area contributed by atoms with E-state index in [1.54, 1.807) is 31.4 Å². The zero-order chi connectivity index (χ0) is 20.1. The molecular weight excluding hydrogens is 386 g/mol. The molecule has 0 saturated heterocycles. The van der Waals surface area contributed by atoms with E-state index < -0.39 is 5.92 Å². The Kier molecular flexibility index (Phi) is 6.27. The molecule has 1 aromatic heterocycles. The third-order valence-electron chi connectivity index (χ3n) is 4.24. The Hall–Kier alpha value is -2.91. The highest BCUT2D eigenvalue weighted by Crippen LogP contribution is 2.24. The third kappa shape index (κ3) is 4.87. The minimum atomic E-state index is -0.657. The lowest BCUT2D eigenvalue weighted by atomic mass is 9.92. The van der Waals surface area contributed by atoms with E-state index in [1.807, 2.05) is 0 Å². The molecular formula is C18H20ClN5O4. The molecule has 0 fully saturated rings. The second-order valence-electron chi connectivity index (χ2n) is 6.31. The van der Waals surface area contributed by atoms with Crippen LogP contribution in [0.2, 0.25) is 5.02 Å². The summed E-state index contributed by atoms with van der Waals surface area (Å²) in [5, 5.41) is 8.80. The molecule has 0 unspecified atom stereocenters. The fourth-order valence-electron chi connectivity index (χ4n) is 2.84. The second-order valence-corrected chi connectivity index (χ2v) is 6.75. The Labute approximate surface area is 165 Å². The summed E-state index contributed by atoms with van der Waals surface area (Å²) in [6.45, 7) is 0.900. The molecule has 2 amide bonds. The van der Waals surface area contributed by atoms with Gasteiger partial charge in [-0.15, -0.1) is 0 Å². The predicted octanol–water partition coefficient (Wildman–Crippen LogP) is 1.62. The molecule has 2 aromatic rings. The number of aromatic nitrogens is 2. The van der Waals surface area contributed by atoms with Gasteiger partial charge in [-0.1, -0.05) is 11.6 Å². The van der Waals surface area contributed by atoms with E-state index in [-0.39, 0.29) is 42.0 Å². The van der Waals surface area contributed by atoms with Gasteiger partial charge in [0.1, 0.15) is 5.82 Å². The first kappa shape index (κ1) is 19.8. The topological polar surface area (TPSA) is 125 Å². The summed E-state index contributed by atoms with van der Waals surface area (Å²) in [4.78, 5) is 43.8. The van der Waals surface area contributed by atoms with Crippen LogP contribution in [-0.4, -0.2) is 42.0 Å². The Balaban J connectivity index is 1.66. The molecule has 0 saturated carbocycles. The quantitative estimate of drug-likeness (QED) is 0.519. The van der Waals surface area contributed by atoms with Crippen molar-refractivity contribution in [3.05, 3.63) is 45.2 Å². The van der Waals surface area contributed by atoms with Crippen LogP contribution < -0.4 is 21.5 Å². The van der Waals surface area contributed by atoms with E-state index >= 15 is 0 Å². The molecule has 28 heavy (non-hydrogen) atoms. The minimum Gasteiger partial charge on any atom is -0.383 e. The number of aromatic amines is 1. The van der Waals surface area contributed by atoms with Crippen LogP contribution in [0, 0.1) is 5.92 Å². The highest BCUT2D eigenvalue weighted by molar-refractivity contribution is 6.30. The maximum Gasteiger partial charge on any atom is 0.257 e. The number of halogens is 1. The number of H-pyrrole nitrogens is 1. The van der Waals surface area contributed by atoms with Gasteiger partial charge in [-0.25, -0.2) is 0 Å². The summed E-state index contributed by atoms with van der Waals surface area (Å²) in [5.41, 5.74) is 0.575. The largest absolute Gasteiger partial charge is 0.383 e. The van der Waals surface area contributed by atoms with Crippen molar-refractivity contribution in [1.29, 1.82) is 0 Å². The number of hydrogen-bond acceptors (Lipinski definition) is 6. The molecule has 10 heteroatoms. The number of rotatable bonds is 7. The summed E-state index contributed by atoms with van der Waals surface area (Å²) < 4.78 is 4.93. The standard InChI is InChI=1S/C18H20ClN5O4/c1-28-7-6-20-18-23-15-13(17(27)24-18)8-10(16(26)22-15)9-14(25)21-12-4-2-11(19)3-5-12/h2-5,10H,6-9H2,1H3,(H,21,25)(H3,20,22,23,24,26,27)/t10-/m0/s1. The van der Waals surface area contributed by atoms with Crippen molar-refractivity contribution in [3.63, 3.8) is 0 Å². The van der Waals surface area contributed by atoms with Gasteiger partial charge in [-0.05, 0) is 30.7 Å². The fraction of sp³-hybridized carbons (Fsp3) is 0.333. The van der Waals surface area contributed by atoms with Crippen molar-refractivity contribution < 1.29 is 14.3 Å². The molecule has 0 bridgehead atoms. The molecule has 1 aliphatic heterocycles. The van der Waals surface area contributed by atoms with Crippen molar-refractivity contribution in [3.8, 4) is 0 Å². The Bertz CT molecular complexity index is 929. The fourth-order valence-corrected chi connectivity index (χ4v) is 2.96. The maximum absolute atomic E-state index is 12.4. The Morgan fingerprint density at radius 3 is 2.79 bits per heavy atom. The van der Waals surface area contributed by atoms with Crippen molar-refractivity contribution in [2.24, 2.45) is 5.92 Å². The number of amides is 2. The number of nitrogens with zero attached hydrogens (tertiary/aromatic N) is 1. The number of methoxy groups -OCH3 is 1. The summed E-state index contributed by atoms with van der Waals surface area (Å²) in [6, 6.07) is 6.65. The lowest BCUT2D eigenvalue weighted by molar-refractivity contribution is -0.125. The smallest absolute Gasteiger partial charge is 0.257 e. The average Bonchev–Trinajstić information content (AvgIpc) is 2.65. The predicted molar refractivity (Wildman–Crippen MR) is 106 cm³/mol. The van der Waals surface area contributed by atoms with Gasteiger partial charge in [-0.3, -0.25) is 19.4 Å². The van der Waals surface area contributed by atoms with Crippen LogP contribution in [0.15, 0.2) is 29.1 Å². The van der Waals surface area contributed by atoms with Crippen molar-refractivity contribution in [2.45, 2.75) is 12.8 Å². The normalized spacial score (nSPS) is 15.5. The Morgan fingerprint density at radius 1 is 1.32 bits per heavy atom. The van der Waals surface area contributed by atoms with Gasteiger partial charge in [0.2, 0.25) is 17.8 Å². The molecule has 2 heterocycles. The first-order valence-corrected chi connectivity index (χ1v) is 9.06. The zero-order valence-electron chi connectivity index (χ0n) is 15.2. The molecule has 4 N–H and O–H groups in total. The van der Waals surface area contributed by atoms with Crippen molar-refractivity contribution >= 4 is 40.9 Å². The molecule has 148 valence electrons. The highest BCUT2D eigenvalue weighted by atomic mass is 35.5. The van der Waals surface area contributed by atoms with E-state index in [4.69, 9.17) is 16.3 Å². The summed E-state index contributed by atoms with van der Waals surface area (Å²) in [5.74, 6) is -0.870. The number of carbonyl (C=O) groups is 2. The van der Waals surface area contributed by atoms with Crippen LogP contribution in [0.4, 0.5) is 17.5 Å². The number of anilines is 3. The van der Waals surface area contributed by atoms with Gasteiger partial charge in [-0.2, -0.15) is 4.98 Å². The van der Waals surface area contributed by atoms with Crippen LogP contribution in [0.3, 0.4) is 0 Å². The zero-order valence-corrected chi connectivity index (χ0v) is 15.9. The van der Waals surface area contributed by atoms with E-state index in [9.17, 15) is 14.4 Å². The van der Waals surface area contributed by atoms with E-state index in [0.717, 1.165) is 0 Å². The van der Waals surface area contributed by atoms with E-state index in [1.165, 1.54) is 0 Å². The first-order chi connectivity index (χ1) is 13.5. The number of fused-ring (bicyclic) bond motifs is 1. The molecule has 1 aromatic carbocycles. The minimum absolute atomic E-state index is 0.0544. The highest BCUT2D eigenvalue weighted by Gasteiger charge is 2.31. The molecule has 0 aliphatic carbocycles. The second kappa shape index (κ2) is 8.85. The van der Waals surface area contributed by atoms with Gasteiger partial charge in [0, 0.05) is 30.8 Å². The van der Waals surface area contributed by atoms with Gasteiger partial charge in [0.15, 0.2) is 0 Å². The number of ether oxygens (including phenoxy) is 1. The van der Waals surface area contributed by atoms with E-state index in [0.29, 0.717) is 29.4 Å². The van der Waals surface area contributed by atoms with Crippen LogP contribution in [0.1, 0.15) is 12.0 Å². The molecule has 9 nitrogen and oxygen atoms in total. The van der Waals surface area contributed by atoms with Crippen LogP contribution in [-0.2, 0) is 20.7 Å². The lowest BCUT2D eigenvalue weighted by Crippen LogP contribution is -2.37. The van der Waals surface area contributed by atoms with Crippen molar-refractivity contribution in [2.75, 3.05) is 36.2 Å². The van der Waals surface area contributed by atoms with Crippen LogP contribution >= 0.6 is 11.6 Å². The van der Waals surface area contributed by atoms with Crippen molar-refractivity contribution in [1.82, 2.24) is 9.97 Å². The molecule has 1 atom stereocenters. The SMILES string of the molecule is COCCNc1nc2c(c(=O)[nH]1)C[C@@H](CC(=O)Nc1ccc(Cl)cc1)C(=O)N2. The number of hydrogen-bond donors (Lipinski definition) is 4. The summed E-state index contributed by atoms with van der Waals surface area (Å²) >= 11 is 5.82. The van der Waals surface area contributed by atoms with Gasteiger partial charge in [0.25, 0.3) is 5.56 Å². The van der Waals surface area contributed by atoms with Gasteiger partial charge >= 0.3 is 0 Å². The molecule has 0 spiro atoms. The number of benzene rings is 1. The van der Waals surface area contributed by atoms with Crippen LogP contribution in [0.5, 0.6) is 0 Å². The first-order valence-electron chi connectivity index (χ1n) is 8.68. The van der Waals surface area contributed by atoms with Crippen LogP contribution in [0.25, 0.3) is 0 Å². The molecule has 3 rings (SSSR count). The number of carbonyl (C=O) groups excluding carboxylic acids is 2. The maximum atomic E-state index is 12.4. The molecule has 1 aliphatic rings. The number of nitrogens with one attached hydrogen (secondary N) is 4. The van der Waals surface area contributed by atoms with Gasteiger partial charge in [0.05, 0.1) is 18.1 Å². The average molecular weight is 406 g/mol. The lowest BCUT2D eigenvalue weighted by Gasteiger charge is -2.23.